The number of ether oxygens (including phenoxy) is 1. The van der Waals surface area contributed by atoms with E-state index in [1.54, 1.807) is 13.3 Å². The maximum atomic E-state index is 12.8. The molecule has 8 nitrogen and oxygen atoms in total. The van der Waals surface area contributed by atoms with E-state index in [9.17, 15) is 4.79 Å². The highest BCUT2D eigenvalue weighted by atomic mass is 16.5. The summed E-state index contributed by atoms with van der Waals surface area (Å²) in [5, 5.41) is 7.25. The van der Waals surface area contributed by atoms with Crippen LogP contribution in [-0.4, -0.2) is 59.6 Å². The number of carbonyl (C=O) groups is 1. The Kier molecular flexibility index (Phi) is 5.45. The number of carbonyl (C=O) groups excluding carboxylic acids is 1. The number of aromatic nitrogens is 3. The molecule has 0 bridgehead atoms. The maximum absolute atomic E-state index is 12.8. The lowest BCUT2D eigenvalue weighted by molar-refractivity contribution is -0.121. The first-order valence-corrected chi connectivity index (χ1v) is 10.9. The van der Waals surface area contributed by atoms with Gasteiger partial charge < -0.3 is 20.3 Å². The van der Waals surface area contributed by atoms with Crippen molar-refractivity contribution in [2.45, 2.75) is 12.8 Å². The van der Waals surface area contributed by atoms with Gasteiger partial charge in [-0.05, 0) is 62.3 Å². The predicted octanol–water partition coefficient (Wildman–Crippen LogP) is 3.17. The molecule has 8 heteroatoms. The van der Waals surface area contributed by atoms with Crippen LogP contribution >= 0.6 is 0 Å². The van der Waals surface area contributed by atoms with Gasteiger partial charge in [-0.1, -0.05) is 12.1 Å². The Labute approximate surface area is 186 Å². The lowest BCUT2D eigenvalue weighted by atomic mass is 9.94. The molecule has 0 atom stereocenters. The SMILES string of the molecule is COc1ncnc2ccc(C3=CCNc4ncc(NC(=O)C5CCN(C)CC5)cc43)cc12. The van der Waals surface area contributed by atoms with Gasteiger partial charge in [0.2, 0.25) is 11.8 Å². The zero-order valence-corrected chi connectivity index (χ0v) is 18.3. The van der Waals surface area contributed by atoms with E-state index in [0.29, 0.717) is 18.1 Å². The Morgan fingerprint density at radius 2 is 2.03 bits per heavy atom. The number of nitrogens with one attached hydrogen (secondary N) is 2. The number of anilines is 2. The first kappa shape index (κ1) is 20.4. The van der Waals surface area contributed by atoms with Gasteiger partial charge in [-0.2, -0.15) is 0 Å². The van der Waals surface area contributed by atoms with Gasteiger partial charge in [0.05, 0.1) is 29.9 Å². The van der Waals surface area contributed by atoms with Crippen molar-refractivity contribution in [1.82, 2.24) is 19.9 Å². The minimum absolute atomic E-state index is 0.0447. The Morgan fingerprint density at radius 1 is 1.19 bits per heavy atom. The smallest absolute Gasteiger partial charge is 0.227 e. The molecule has 1 fully saturated rings. The summed E-state index contributed by atoms with van der Waals surface area (Å²) in [6.07, 6.45) is 7.12. The van der Waals surface area contributed by atoms with Crippen LogP contribution in [0.1, 0.15) is 24.0 Å². The van der Waals surface area contributed by atoms with E-state index in [1.807, 2.05) is 24.3 Å². The van der Waals surface area contributed by atoms with Gasteiger partial charge in [0.15, 0.2) is 0 Å². The summed E-state index contributed by atoms with van der Waals surface area (Å²) in [7, 11) is 3.70. The molecule has 0 saturated carbocycles. The van der Waals surface area contributed by atoms with Gasteiger partial charge in [-0.15, -0.1) is 0 Å². The molecule has 0 aliphatic carbocycles. The zero-order valence-electron chi connectivity index (χ0n) is 18.3. The number of hydrogen-bond donors (Lipinski definition) is 2. The third-order valence-electron chi connectivity index (χ3n) is 6.21. The number of benzene rings is 1. The first-order chi connectivity index (χ1) is 15.6. The highest BCUT2D eigenvalue weighted by molar-refractivity contribution is 5.96. The molecule has 2 N–H and O–H groups in total. The first-order valence-electron chi connectivity index (χ1n) is 10.9. The normalized spacial score (nSPS) is 16.8. The van der Waals surface area contributed by atoms with Crippen LogP contribution in [0.25, 0.3) is 16.5 Å². The van der Waals surface area contributed by atoms with Gasteiger partial charge in [-0.3, -0.25) is 4.79 Å². The minimum atomic E-state index is 0.0447. The number of fused-ring (bicyclic) bond motifs is 2. The highest BCUT2D eigenvalue weighted by Gasteiger charge is 2.24. The highest BCUT2D eigenvalue weighted by Crippen LogP contribution is 2.35. The summed E-state index contributed by atoms with van der Waals surface area (Å²) < 4.78 is 5.42. The zero-order chi connectivity index (χ0) is 22.1. The summed E-state index contributed by atoms with van der Waals surface area (Å²) in [5.41, 5.74) is 4.56. The quantitative estimate of drug-likeness (QED) is 0.657. The molecule has 0 unspecified atom stereocenters. The molecule has 1 amide bonds. The van der Waals surface area contributed by atoms with Crippen LogP contribution in [-0.2, 0) is 4.79 Å². The number of methoxy groups -OCH3 is 1. The Hall–Kier alpha value is -3.52. The summed E-state index contributed by atoms with van der Waals surface area (Å²) in [6, 6.07) is 8.05. The molecule has 4 heterocycles. The van der Waals surface area contributed by atoms with Crippen LogP contribution < -0.4 is 15.4 Å². The van der Waals surface area contributed by atoms with Gasteiger partial charge in [-0.25, -0.2) is 15.0 Å². The number of rotatable bonds is 4. The van der Waals surface area contributed by atoms with Crippen LogP contribution in [0.4, 0.5) is 11.5 Å². The molecule has 3 aromatic rings. The van der Waals surface area contributed by atoms with Crippen molar-refractivity contribution in [3.63, 3.8) is 0 Å². The van der Waals surface area contributed by atoms with Crippen molar-refractivity contribution < 1.29 is 9.53 Å². The van der Waals surface area contributed by atoms with Crippen molar-refractivity contribution in [3.8, 4) is 5.88 Å². The van der Waals surface area contributed by atoms with Gasteiger partial charge in [0.1, 0.15) is 12.1 Å². The van der Waals surface area contributed by atoms with E-state index in [2.05, 4.69) is 43.6 Å². The number of nitrogens with zero attached hydrogens (tertiary/aromatic N) is 4. The van der Waals surface area contributed by atoms with Crippen LogP contribution in [0.5, 0.6) is 5.88 Å². The lowest BCUT2D eigenvalue weighted by Crippen LogP contribution is -2.35. The van der Waals surface area contributed by atoms with Crippen LogP contribution in [0, 0.1) is 5.92 Å². The van der Waals surface area contributed by atoms with E-state index in [-0.39, 0.29) is 11.8 Å². The largest absolute Gasteiger partial charge is 0.480 e. The maximum Gasteiger partial charge on any atom is 0.227 e. The van der Waals surface area contributed by atoms with Crippen molar-refractivity contribution >= 4 is 33.9 Å². The molecule has 2 aromatic heterocycles. The number of piperidine rings is 1. The fraction of sp³-hybridized carbons (Fsp3) is 0.333. The van der Waals surface area contributed by atoms with E-state index in [0.717, 1.165) is 59.4 Å². The van der Waals surface area contributed by atoms with Gasteiger partial charge >= 0.3 is 0 Å². The molecular formula is C24H26N6O2. The summed E-state index contributed by atoms with van der Waals surface area (Å²) in [4.78, 5) is 28.2. The average Bonchev–Trinajstić information content (AvgIpc) is 2.83. The second-order valence-electron chi connectivity index (χ2n) is 8.30. The second-order valence-corrected chi connectivity index (χ2v) is 8.30. The summed E-state index contributed by atoms with van der Waals surface area (Å²) in [6.45, 7) is 2.58. The number of hydrogen-bond acceptors (Lipinski definition) is 7. The molecule has 164 valence electrons. The lowest BCUT2D eigenvalue weighted by Gasteiger charge is -2.28. The van der Waals surface area contributed by atoms with E-state index in [1.165, 1.54) is 6.33 Å². The third-order valence-corrected chi connectivity index (χ3v) is 6.21. The molecule has 1 saturated heterocycles. The molecule has 0 spiro atoms. The Bertz CT molecular complexity index is 1200. The van der Waals surface area contributed by atoms with E-state index < -0.39 is 0 Å². The van der Waals surface area contributed by atoms with Crippen molar-refractivity contribution in [2.24, 2.45) is 5.92 Å². The fourth-order valence-corrected chi connectivity index (χ4v) is 4.39. The Morgan fingerprint density at radius 3 is 2.84 bits per heavy atom. The molecule has 2 aliphatic heterocycles. The van der Waals surface area contributed by atoms with E-state index >= 15 is 0 Å². The monoisotopic (exact) mass is 430 g/mol. The summed E-state index contributed by atoms with van der Waals surface area (Å²) in [5.74, 6) is 1.46. The third kappa shape index (κ3) is 3.89. The fourth-order valence-electron chi connectivity index (χ4n) is 4.39. The van der Waals surface area contributed by atoms with Crippen LogP contribution in [0.15, 0.2) is 42.9 Å². The van der Waals surface area contributed by atoms with E-state index in [4.69, 9.17) is 4.74 Å². The molecule has 32 heavy (non-hydrogen) atoms. The summed E-state index contributed by atoms with van der Waals surface area (Å²) >= 11 is 0. The second kappa shape index (κ2) is 8.55. The molecule has 2 aliphatic rings. The van der Waals surface area contributed by atoms with Crippen molar-refractivity contribution in [1.29, 1.82) is 0 Å². The van der Waals surface area contributed by atoms with Gasteiger partial charge in [0, 0.05) is 18.0 Å². The molecule has 1 aromatic carbocycles. The number of pyridine rings is 1. The van der Waals surface area contributed by atoms with Crippen LogP contribution in [0.3, 0.4) is 0 Å². The van der Waals surface area contributed by atoms with Gasteiger partial charge in [0.25, 0.3) is 0 Å². The number of likely N-dealkylation sites (tertiary alicyclic amines) is 1. The molecular weight excluding hydrogens is 404 g/mol. The molecule has 5 rings (SSSR count). The number of amides is 1. The molecule has 0 radical (unpaired) electrons. The predicted molar refractivity (Wildman–Crippen MR) is 125 cm³/mol. The average molecular weight is 431 g/mol. The Balaban J connectivity index is 1.44. The van der Waals surface area contributed by atoms with Crippen LogP contribution in [0.2, 0.25) is 0 Å². The van der Waals surface area contributed by atoms with Crippen molar-refractivity contribution in [3.05, 3.63) is 54.0 Å². The minimum Gasteiger partial charge on any atom is -0.480 e. The standard InChI is InChI=1S/C24H26N6O2/c1-30-9-6-15(7-10-30)23(31)29-17-12-19-18(5-8-25-22(19)26-13-17)16-3-4-21-20(11-16)24(32-2)28-14-27-21/h3-5,11-15H,6-10H2,1-2H3,(H,25,26)(H,29,31). The topological polar surface area (TPSA) is 92.3 Å². The van der Waals surface area contributed by atoms with Crippen molar-refractivity contribution in [2.75, 3.05) is 44.4 Å².